The summed E-state index contributed by atoms with van der Waals surface area (Å²) in [6.07, 6.45) is 1.29. The standard InChI is InChI=1S/C18H16N4O5/c1-18(13-5-9-15(27-2)10-6-13)16(23)21(17(24)20-18)19-11-12-3-7-14(8-4-12)22(25)26/h3-11H,1-2H3,(H,20,24)/b19-11-/t18-/m1/s1. The van der Waals surface area contributed by atoms with Crippen molar-refractivity contribution >= 4 is 23.8 Å². The van der Waals surface area contributed by atoms with Crippen molar-refractivity contribution in [3.8, 4) is 5.75 Å². The van der Waals surface area contributed by atoms with Crippen molar-refractivity contribution in [2.45, 2.75) is 12.5 Å². The number of urea groups is 1. The molecule has 1 N–H and O–H groups in total. The number of non-ortho nitro benzene ring substituents is 1. The first-order valence-electron chi connectivity index (χ1n) is 7.95. The zero-order valence-corrected chi connectivity index (χ0v) is 14.6. The molecular weight excluding hydrogens is 352 g/mol. The van der Waals surface area contributed by atoms with Crippen molar-refractivity contribution in [2.24, 2.45) is 5.10 Å². The van der Waals surface area contributed by atoms with E-state index in [4.69, 9.17) is 4.74 Å². The molecule has 3 rings (SSSR count). The van der Waals surface area contributed by atoms with Crippen LogP contribution in [0.25, 0.3) is 0 Å². The largest absolute Gasteiger partial charge is 0.497 e. The van der Waals surface area contributed by atoms with Crippen LogP contribution in [0.1, 0.15) is 18.1 Å². The summed E-state index contributed by atoms with van der Waals surface area (Å²) in [7, 11) is 1.54. The van der Waals surface area contributed by atoms with Crippen LogP contribution in [0.2, 0.25) is 0 Å². The van der Waals surface area contributed by atoms with Crippen molar-refractivity contribution in [3.63, 3.8) is 0 Å². The monoisotopic (exact) mass is 368 g/mol. The third kappa shape index (κ3) is 3.34. The number of nitrogens with zero attached hydrogens (tertiary/aromatic N) is 3. The Labute approximate surface area is 154 Å². The van der Waals surface area contributed by atoms with E-state index in [0.29, 0.717) is 16.9 Å². The van der Waals surface area contributed by atoms with Gasteiger partial charge in [0.2, 0.25) is 0 Å². The Morgan fingerprint density at radius 1 is 1.15 bits per heavy atom. The van der Waals surface area contributed by atoms with Crippen LogP contribution in [0.5, 0.6) is 5.75 Å². The Bertz CT molecular complexity index is 924. The highest BCUT2D eigenvalue weighted by molar-refractivity contribution is 6.07. The van der Waals surface area contributed by atoms with Gasteiger partial charge in [-0.15, -0.1) is 5.01 Å². The number of rotatable bonds is 5. The molecule has 0 unspecified atom stereocenters. The molecule has 1 saturated heterocycles. The molecule has 27 heavy (non-hydrogen) atoms. The van der Waals surface area contributed by atoms with E-state index in [2.05, 4.69) is 10.4 Å². The van der Waals surface area contributed by atoms with Gasteiger partial charge in [0.25, 0.3) is 11.6 Å². The number of hydrogen-bond donors (Lipinski definition) is 1. The summed E-state index contributed by atoms with van der Waals surface area (Å²) in [5, 5.41) is 18.0. The average Bonchev–Trinajstić information content (AvgIpc) is 2.90. The first-order valence-corrected chi connectivity index (χ1v) is 7.95. The molecule has 1 heterocycles. The molecule has 2 aromatic carbocycles. The van der Waals surface area contributed by atoms with E-state index in [1.165, 1.54) is 37.6 Å². The highest BCUT2D eigenvalue weighted by atomic mass is 16.6. The van der Waals surface area contributed by atoms with Gasteiger partial charge in [-0.3, -0.25) is 14.9 Å². The van der Waals surface area contributed by atoms with Gasteiger partial charge in [0.15, 0.2) is 0 Å². The number of ether oxygens (including phenoxy) is 1. The van der Waals surface area contributed by atoms with Crippen LogP contribution in [0.3, 0.4) is 0 Å². The van der Waals surface area contributed by atoms with Crippen molar-refractivity contribution in [2.75, 3.05) is 7.11 Å². The smallest absolute Gasteiger partial charge is 0.346 e. The molecule has 0 aliphatic carbocycles. The van der Waals surface area contributed by atoms with Crippen LogP contribution in [-0.4, -0.2) is 35.2 Å². The van der Waals surface area contributed by atoms with Gasteiger partial charge in [-0.1, -0.05) is 12.1 Å². The van der Waals surface area contributed by atoms with E-state index in [-0.39, 0.29) is 5.69 Å². The molecule has 138 valence electrons. The molecule has 2 aromatic rings. The molecule has 9 heteroatoms. The van der Waals surface area contributed by atoms with E-state index in [1.54, 1.807) is 31.2 Å². The summed E-state index contributed by atoms with van der Waals surface area (Å²) in [6, 6.07) is 11.7. The van der Waals surface area contributed by atoms with Crippen LogP contribution in [0.4, 0.5) is 10.5 Å². The van der Waals surface area contributed by atoms with E-state index < -0.39 is 22.4 Å². The normalized spacial score (nSPS) is 19.4. The van der Waals surface area contributed by atoms with Gasteiger partial charge >= 0.3 is 6.03 Å². The van der Waals surface area contributed by atoms with Gasteiger partial charge in [0.1, 0.15) is 11.3 Å². The lowest BCUT2D eigenvalue weighted by Gasteiger charge is -2.21. The topological polar surface area (TPSA) is 114 Å². The summed E-state index contributed by atoms with van der Waals surface area (Å²) in [4.78, 5) is 35.1. The molecule has 1 aliphatic heterocycles. The number of nitro benzene ring substituents is 1. The predicted molar refractivity (Wildman–Crippen MR) is 96.4 cm³/mol. The van der Waals surface area contributed by atoms with E-state index in [1.807, 2.05) is 0 Å². The molecule has 1 atom stereocenters. The number of amides is 3. The predicted octanol–water partition coefficient (Wildman–Crippen LogP) is 2.40. The fourth-order valence-electron chi connectivity index (χ4n) is 2.66. The number of nitrogens with one attached hydrogen (secondary N) is 1. The summed E-state index contributed by atoms with van der Waals surface area (Å²) >= 11 is 0. The SMILES string of the molecule is COc1ccc([C@@]2(C)NC(=O)N(/N=C\c3ccc([N+](=O)[O-])cc3)C2=O)cc1. The highest BCUT2D eigenvalue weighted by Crippen LogP contribution is 2.30. The zero-order valence-electron chi connectivity index (χ0n) is 14.6. The molecule has 0 radical (unpaired) electrons. The van der Waals surface area contributed by atoms with Crippen LogP contribution < -0.4 is 10.1 Å². The minimum atomic E-state index is -1.25. The molecule has 1 fully saturated rings. The molecular formula is C18H16N4O5. The number of carbonyl (C=O) groups excluding carboxylic acids is 2. The quantitative estimate of drug-likeness (QED) is 0.377. The number of carbonyl (C=O) groups is 2. The first kappa shape index (κ1) is 18.1. The fourth-order valence-corrected chi connectivity index (χ4v) is 2.66. The second kappa shape index (κ2) is 6.87. The maximum atomic E-state index is 12.8. The lowest BCUT2D eigenvalue weighted by atomic mass is 9.92. The van der Waals surface area contributed by atoms with E-state index in [9.17, 15) is 19.7 Å². The number of benzene rings is 2. The summed E-state index contributed by atoms with van der Waals surface area (Å²) < 4.78 is 5.10. The minimum absolute atomic E-state index is 0.0609. The second-order valence-electron chi connectivity index (χ2n) is 5.99. The minimum Gasteiger partial charge on any atom is -0.497 e. The molecule has 0 bridgehead atoms. The van der Waals surface area contributed by atoms with Crippen molar-refractivity contribution < 1.29 is 19.2 Å². The maximum Gasteiger partial charge on any atom is 0.346 e. The first-order chi connectivity index (χ1) is 12.8. The van der Waals surface area contributed by atoms with Gasteiger partial charge < -0.3 is 10.1 Å². The number of hydrogen-bond acceptors (Lipinski definition) is 6. The second-order valence-corrected chi connectivity index (χ2v) is 5.99. The van der Waals surface area contributed by atoms with Crippen molar-refractivity contribution in [1.82, 2.24) is 10.3 Å². The number of methoxy groups -OCH3 is 1. The van der Waals surface area contributed by atoms with Gasteiger partial charge in [0, 0.05) is 12.1 Å². The third-order valence-corrected chi connectivity index (χ3v) is 4.26. The maximum absolute atomic E-state index is 12.8. The Hall–Kier alpha value is -3.75. The number of hydrazone groups is 1. The summed E-state index contributed by atoms with van der Waals surface area (Å²) in [6.45, 7) is 1.59. The molecule has 1 aliphatic rings. The molecule has 0 saturated carbocycles. The lowest BCUT2D eigenvalue weighted by Crippen LogP contribution is -2.40. The summed E-state index contributed by atoms with van der Waals surface area (Å²) in [5.74, 6) is 0.1000. The van der Waals surface area contributed by atoms with E-state index >= 15 is 0 Å². The van der Waals surface area contributed by atoms with Crippen LogP contribution in [-0.2, 0) is 10.3 Å². The zero-order chi connectivity index (χ0) is 19.6. The van der Waals surface area contributed by atoms with Gasteiger partial charge in [-0.05, 0) is 42.3 Å². The highest BCUT2D eigenvalue weighted by Gasteiger charge is 2.49. The fraction of sp³-hybridized carbons (Fsp3) is 0.167. The van der Waals surface area contributed by atoms with Gasteiger partial charge in [-0.25, -0.2) is 4.79 Å². The summed E-state index contributed by atoms with van der Waals surface area (Å²) in [5.41, 5.74) is -0.209. The molecule has 0 spiro atoms. The van der Waals surface area contributed by atoms with Crippen molar-refractivity contribution in [1.29, 1.82) is 0 Å². The molecule has 9 nitrogen and oxygen atoms in total. The van der Waals surface area contributed by atoms with Crippen LogP contribution in [0.15, 0.2) is 53.6 Å². The molecule has 3 amide bonds. The lowest BCUT2D eigenvalue weighted by molar-refractivity contribution is -0.384. The van der Waals surface area contributed by atoms with E-state index in [0.717, 1.165) is 5.01 Å². The third-order valence-electron chi connectivity index (χ3n) is 4.26. The Morgan fingerprint density at radius 2 is 1.78 bits per heavy atom. The molecule has 0 aromatic heterocycles. The average molecular weight is 368 g/mol. The Balaban J connectivity index is 1.81. The van der Waals surface area contributed by atoms with Gasteiger partial charge in [-0.2, -0.15) is 5.10 Å². The van der Waals surface area contributed by atoms with Gasteiger partial charge in [0.05, 0.1) is 18.2 Å². The Morgan fingerprint density at radius 3 is 2.33 bits per heavy atom. The Kier molecular flexibility index (Phi) is 4.59. The van der Waals surface area contributed by atoms with Crippen molar-refractivity contribution in [3.05, 3.63) is 69.8 Å². The number of nitro groups is 1. The number of imide groups is 1. The van der Waals surface area contributed by atoms with Crippen LogP contribution in [0, 0.1) is 10.1 Å². The van der Waals surface area contributed by atoms with Crippen LogP contribution >= 0.6 is 0 Å².